The predicted octanol–water partition coefficient (Wildman–Crippen LogP) is 4.57. The van der Waals surface area contributed by atoms with Crippen LogP contribution in [0.5, 0.6) is 0 Å². The Balaban J connectivity index is 1.70. The van der Waals surface area contributed by atoms with Crippen LogP contribution in [0.25, 0.3) is 17.0 Å². The van der Waals surface area contributed by atoms with Crippen molar-refractivity contribution in [3.05, 3.63) is 47.1 Å². The number of alkyl halides is 3. The Kier molecular flexibility index (Phi) is 5.26. The van der Waals surface area contributed by atoms with E-state index in [1.54, 1.807) is 6.07 Å². The summed E-state index contributed by atoms with van der Waals surface area (Å²) in [6.45, 7) is 0.868. The van der Waals surface area contributed by atoms with Crippen LogP contribution >= 0.6 is 11.6 Å². The lowest BCUT2D eigenvalue weighted by Gasteiger charge is -2.22. The molecule has 0 bridgehead atoms. The van der Waals surface area contributed by atoms with Crippen molar-refractivity contribution in [1.29, 1.82) is 0 Å². The largest absolute Gasteiger partial charge is 0.464 e. The molecular formula is C19H17ClF3N3O3. The van der Waals surface area contributed by atoms with Gasteiger partial charge < -0.3 is 14.5 Å². The van der Waals surface area contributed by atoms with Gasteiger partial charge in [-0.15, -0.1) is 0 Å². The van der Waals surface area contributed by atoms with Crippen molar-refractivity contribution < 1.29 is 27.1 Å². The van der Waals surface area contributed by atoms with Crippen LogP contribution in [0.4, 0.5) is 13.2 Å². The van der Waals surface area contributed by atoms with Crippen molar-refractivity contribution in [2.75, 3.05) is 13.2 Å². The Morgan fingerprint density at radius 2 is 2.21 bits per heavy atom. The van der Waals surface area contributed by atoms with Crippen LogP contribution in [-0.2, 0) is 10.9 Å². The normalized spacial score (nSPS) is 17.6. The highest BCUT2D eigenvalue weighted by atomic mass is 35.5. The van der Waals surface area contributed by atoms with E-state index in [1.165, 1.54) is 18.5 Å². The molecule has 3 aromatic heterocycles. The fourth-order valence-corrected chi connectivity index (χ4v) is 3.56. The molecule has 1 aliphatic rings. The molecule has 1 aliphatic heterocycles. The number of nitrogens with one attached hydrogen (secondary N) is 1. The minimum Gasteiger partial charge on any atom is -0.464 e. The Morgan fingerprint density at radius 3 is 2.86 bits per heavy atom. The predicted molar refractivity (Wildman–Crippen MR) is 98.8 cm³/mol. The van der Waals surface area contributed by atoms with Gasteiger partial charge in [0.05, 0.1) is 17.9 Å². The lowest BCUT2D eigenvalue weighted by Crippen LogP contribution is -2.35. The third-order valence-electron chi connectivity index (χ3n) is 4.75. The van der Waals surface area contributed by atoms with Gasteiger partial charge >= 0.3 is 6.18 Å². The van der Waals surface area contributed by atoms with Crippen molar-refractivity contribution in [2.45, 2.75) is 31.5 Å². The van der Waals surface area contributed by atoms with E-state index in [0.717, 1.165) is 29.7 Å². The molecule has 1 saturated heterocycles. The fraction of sp³-hybridized carbons (Fsp3) is 0.368. The van der Waals surface area contributed by atoms with E-state index >= 15 is 0 Å². The summed E-state index contributed by atoms with van der Waals surface area (Å²) in [6, 6.07) is 4.02. The van der Waals surface area contributed by atoms with Gasteiger partial charge in [-0.25, -0.2) is 4.98 Å². The molecular weight excluding hydrogens is 411 g/mol. The van der Waals surface area contributed by atoms with E-state index in [9.17, 15) is 18.0 Å². The summed E-state index contributed by atoms with van der Waals surface area (Å²) in [4.78, 5) is 16.4. The molecule has 3 aromatic rings. The molecule has 0 radical (unpaired) electrons. The topological polar surface area (TPSA) is 68.8 Å². The number of nitrogens with zero attached hydrogens (tertiary/aromatic N) is 2. The van der Waals surface area contributed by atoms with Gasteiger partial charge in [0.1, 0.15) is 10.9 Å². The van der Waals surface area contributed by atoms with E-state index < -0.39 is 23.3 Å². The fourth-order valence-electron chi connectivity index (χ4n) is 3.31. The van der Waals surface area contributed by atoms with E-state index in [4.69, 9.17) is 20.8 Å². The number of ether oxygens (including phenoxy) is 1. The van der Waals surface area contributed by atoms with Crippen LogP contribution in [0, 0.1) is 0 Å². The molecule has 1 amide bonds. The minimum atomic E-state index is -4.69. The first-order valence-corrected chi connectivity index (χ1v) is 9.45. The monoisotopic (exact) mass is 427 g/mol. The van der Waals surface area contributed by atoms with Crippen molar-refractivity contribution in [3.8, 4) is 11.3 Å². The highest BCUT2D eigenvalue weighted by molar-refractivity contribution is 6.33. The highest BCUT2D eigenvalue weighted by Crippen LogP contribution is 2.37. The number of imidazole rings is 1. The van der Waals surface area contributed by atoms with Crippen LogP contribution in [0.2, 0.25) is 5.15 Å². The zero-order valence-electron chi connectivity index (χ0n) is 15.1. The number of carbonyl (C=O) groups excluding carboxylic acids is 1. The van der Waals surface area contributed by atoms with Gasteiger partial charge in [0.25, 0.3) is 5.91 Å². The molecule has 29 heavy (non-hydrogen) atoms. The molecule has 4 heterocycles. The SMILES string of the molecule is O=C(NCC1CCCCO1)c1nc2c(C(F)(F)F)cc(-c3ccco3)cn2c1Cl. The van der Waals surface area contributed by atoms with E-state index in [1.807, 2.05) is 0 Å². The number of hydrogen-bond donors (Lipinski definition) is 1. The van der Waals surface area contributed by atoms with Crippen LogP contribution in [0.1, 0.15) is 35.3 Å². The molecule has 0 saturated carbocycles. The standard InChI is InChI=1S/C19H17ClF3N3O3/c20-16-15(18(27)24-9-12-4-1-2-6-28-12)25-17-13(19(21,22)23)8-11(10-26(16)17)14-5-3-7-29-14/h3,5,7-8,10,12H,1-2,4,6,9H2,(H,24,27). The second kappa shape index (κ2) is 7.72. The first-order chi connectivity index (χ1) is 13.8. The maximum Gasteiger partial charge on any atom is 0.420 e. The number of hydrogen-bond acceptors (Lipinski definition) is 4. The summed E-state index contributed by atoms with van der Waals surface area (Å²) in [5.41, 5.74) is -1.57. The lowest BCUT2D eigenvalue weighted by atomic mass is 10.1. The number of amides is 1. The maximum absolute atomic E-state index is 13.6. The summed E-state index contributed by atoms with van der Waals surface area (Å²) < 4.78 is 52.7. The van der Waals surface area contributed by atoms with Gasteiger partial charge in [-0.1, -0.05) is 11.6 Å². The third-order valence-corrected chi connectivity index (χ3v) is 5.11. The zero-order valence-corrected chi connectivity index (χ0v) is 15.9. The average Bonchev–Trinajstić information content (AvgIpc) is 3.34. The van der Waals surface area contributed by atoms with Gasteiger partial charge in [0.2, 0.25) is 0 Å². The molecule has 154 valence electrons. The molecule has 0 aliphatic carbocycles. The number of furan rings is 1. The summed E-state index contributed by atoms with van der Waals surface area (Å²) in [6.07, 6.45) is 0.682. The molecule has 6 nitrogen and oxygen atoms in total. The quantitative estimate of drug-likeness (QED) is 0.662. The lowest BCUT2D eigenvalue weighted by molar-refractivity contribution is -0.136. The Hall–Kier alpha value is -2.52. The molecule has 1 N–H and O–H groups in total. The summed E-state index contributed by atoms with van der Waals surface area (Å²) >= 11 is 6.24. The molecule has 1 unspecified atom stereocenters. The van der Waals surface area contributed by atoms with Gasteiger partial charge in [-0.05, 0) is 37.5 Å². The average molecular weight is 428 g/mol. The number of fused-ring (bicyclic) bond motifs is 1. The smallest absolute Gasteiger partial charge is 0.420 e. The zero-order chi connectivity index (χ0) is 20.6. The van der Waals surface area contributed by atoms with Crippen molar-refractivity contribution >= 4 is 23.2 Å². The maximum atomic E-state index is 13.6. The van der Waals surface area contributed by atoms with Gasteiger partial charge in [0, 0.05) is 24.9 Å². The summed E-state index contributed by atoms with van der Waals surface area (Å²) in [5.74, 6) is -0.414. The number of halogens is 4. The second-order valence-corrected chi connectivity index (χ2v) is 7.12. The van der Waals surface area contributed by atoms with Crippen molar-refractivity contribution in [3.63, 3.8) is 0 Å². The van der Waals surface area contributed by atoms with E-state index in [2.05, 4.69) is 10.3 Å². The first-order valence-electron chi connectivity index (χ1n) is 9.07. The van der Waals surface area contributed by atoms with Gasteiger partial charge in [-0.3, -0.25) is 9.20 Å². The summed E-state index contributed by atoms with van der Waals surface area (Å²) in [5, 5.41) is 2.44. The number of pyridine rings is 1. The van der Waals surface area contributed by atoms with E-state index in [0.29, 0.717) is 6.61 Å². The molecule has 0 spiro atoms. The molecule has 10 heteroatoms. The minimum absolute atomic E-state index is 0.125. The Morgan fingerprint density at radius 1 is 1.38 bits per heavy atom. The third kappa shape index (κ3) is 3.97. The van der Waals surface area contributed by atoms with Crippen LogP contribution < -0.4 is 5.32 Å². The van der Waals surface area contributed by atoms with Crippen LogP contribution in [0.3, 0.4) is 0 Å². The van der Waals surface area contributed by atoms with Gasteiger partial charge in [-0.2, -0.15) is 13.2 Å². The Labute approximate surface area is 168 Å². The van der Waals surface area contributed by atoms with Crippen LogP contribution in [-0.4, -0.2) is 34.5 Å². The second-order valence-electron chi connectivity index (χ2n) is 6.76. The summed E-state index contributed by atoms with van der Waals surface area (Å²) in [7, 11) is 0. The number of aromatic nitrogens is 2. The molecule has 1 fully saturated rings. The van der Waals surface area contributed by atoms with E-state index in [-0.39, 0.29) is 34.8 Å². The number of carbonyl (C=O) groups is 1. The van der Waals surface area contributed by atoms with Crippen molar-refractivity contribution in [2.24, 2.45) is 0 Å². The number of rotatable bonds is 4. The highest BCUT2D eigenvalue weighted by Gasteiger charge is 2.36. The molecule has 4 rings (SSSR count). The first kappa shape index (κ1) is 19.8. The Bertz CT molecular complexity index is 1020. The molecule has 0 aromatic carbocycles. The van der Waals surface area contributed by atoms with Gasteiger partial charge in [0.15, 0.2) is 11.3 Å². The molecule has 1 atom stereocenters. The van der Waals surface area contributed by atoms with Crippen LogP contribution in [0.15, 0.2) is 35.1 Å². The van der Waals surface area contributed by atoms with Crippen molar-refractivity contribution in [1.82, 2.24) is 14.7 Å².